The summed E-state index contributed by atoms with van der Waals surface area (Å²) in [5, 5.41) is 4.39. The van der Waals surface area contributed by atoms with Crippen LogP contribution in [0.25, 0.3) is 20.8 Å². The maximum atomic E-state index is 5.83. The molecule has 100 valence electrons. The molecule has 0 fully saturated rings. The quantitative estimate of drug-likeness (QED) is 0.730. The topological polar surface area (TPSA) is 34.1 Å². The van der Waals surface area contributed by atoms with Crippen molar-refractivity contribution in [1.82, 2.24) is 4.98 Å². The van der Waals surface area contributed by atoms with E-state index in [9.17, 15) is 0 Å². The number of ether oxygens (including phenoxy) is 1. The number of hydrogen-bond acceptors (Lipinski definition) is 4. The van der Waals surface area contributed by atoms with E-state index in [1.54, 1.807) is 11.3 Å². The zero-order valence-electron chi connectivity index (χ0n) is 11.1. The molecule has 1 N–H and O–H groups in total. The molecule has 20 heavy (non-hydrogen) atoms. The molecule has 1 aliphatic rings. The molecule has 3 aromatic rings. The Morgan fingerprint density at radius 2 is 2.20 bits per heavy atom. The monoisotopic (exact) mass is 282 g/mol. The number of rotatable bonds is 1. The van der Waals surface area contributed by atoms with Crippen molar-refractivity contribution >= 4 is 27.2 Å². The van der Waals surface area contributed by atoms with Gasteiger partial charge in [0.2, 0.25) is 0 Å². The van der Waals surface area contributed by atoms with Crippen molar-refractivity contribution in [1.29, 1.82) is 0 Å². The van der Waals surface area contributed by atoms with Crippen LogP contribution in [0, 0.1) is 6.92 Å². The van der Waals surface area contributed by atoms with E-state index >= 15 is 0 Å². The summed E-state index contributed by atoms with van der Waals surface area (Å²) in [5.74, 6) is 0.925. The van der Waals surface area contributed by atoms with Crippen molar-refractivity contribution < 1.29 is 4.74 Å². The molecule has 0 spiro atoms. The Morgan fingerprint density at radius 1 is 1.25 bits per heavy atom. The fourth-order valence-corrected chi connectivity index (χ4v) is 3.46. The van der Waals surface area contributed by atoms with Gasteiger partial charge in [0.05, 0.1) is 21.5 Å². The lowest BCUT2D eigenvalue weighted by atomic mass is 10.1. The average molecular weight is 282 g/mol. The molecule has 4 rings (SSSR count). The Morgan fingerprint density at radius 3 is 3.15 bits per heavy atom. The number of aryl methyl sites for hydroxylation is 1. The van der Waals surface area contributed by atoms with Gasteiger partial charge in [-0.2, -0.15) is 0 Å². The lowest BCUT2D eigenvalue weighted by molar-refractivity contribution is 0.324. The van der Waals surface area contributed by atoms with Crippen LogP contribution in [0.5, 0.6) is 5.75 Å². The molecule has 0 unspecified atom stereocenters. The van der Waals surface area contributed by atoms with E-state index in [-0.39, 0.29) is 0 Å². The standard InChI is InChI=1S/C16H14N2OS/c1-10-5-6-14-13(9-10)18-16(20-14)11-3-2-4-12-15(11)19-8-7-17-12/h2-6,9,17H,7-8H2,1H3. The zero-order chi connectivity index (χ0) is 13.5. The smallest absolute Gasteiger partial charge is 0.152 e. The first-order valence-corrected chi connectivity index (χ1v) is 7.50. The minimum Gasteiger partial charge on any atom is -0.489 e. The molecule has 0 radical (unpaired) electrons. The van der Waals surface area contributed by atoms with Crippen LogP contribution < -0.4 is 10.1 Å². The summed E-state index contributed by atoms with van der Waals surface area (Å²) in [5.41, 5.74) is 4.44. The summed E-state index contributed by atoms with van der Waals surface area (Å²) in [6, 6.07) is 12.6. The Labute approximate surface area is 121 Å². The SMILES string of the molecule is Cc1ccc2sc(-c3cccc4c3OCCN4)nc2c1. The molecule has 1 aliphatic heterocycles. The van der Waals surface area contributed by atoms with Crippen molar-refractivity contribution in [3.8, 4) is 16.3 Å². The second-order valence-electron chi connectivity index (χ2n) is 4.95. The Bertz CT molecular complexity index is 794. The predicted molar refractivity (Wildman–Crippen MR) is 83.8 cm³/mol. The number of para-hydroxylation sites is 1. The summed E-state index contributed by atoms with van der Waals surface area (Å²) in [6.07, 6.45) is 0. The van der Waals surface area contributed by atoms with Crippen LogP contribution in [0.3, 0.4) is 0 Å². The highest BCUT2D eigenvalue weighted by molar-refractivity contribution is 7.21. The summed E-state index contributed by atoms with van der Waals surface area (Å²) in [7, 11) is 0. The van der Waals surface area contributed by atoms with E-state index < -0.39 is 0 Å². The number of aromatic nitrogens is 1. The predicted octanol–water partition coefficient (Wildman–Crippen LogP) is 4.08. The van der Waals surface area contributed by atoms with Crippen LogP contribution in [0.1, 0.15) is 5.56 Å². The third kappa shape index (κ3) is 1.84. The second kappa shape index (κ2) is 4.49. The van der Waals surface area contributed by atoms with Gasteiger partial charge in [0.25, 0.3) is 0 Å². The molecule has 4 heteroatoms. The largest absolute Gasteiger partial charge is 0.489 e. The van der Waals surface area contributed by atoms with Crippen molar-refractivity contribution in [2.75, 3.05) is 18.5 Å². The van der Waals surface area contributed by atoms with Gasteiger partial charge < -0.3 is 10.1 Å². The van der Waals surface area contributed by atoms with Gasteiger partial charge in [-0.3, -0.25) is 0 Å². The highest BCUT2D eigenvalue weighted by Gasteiger charge is 2.17. The summed E-state index contributed by atoms with van der Waals surface area (Å²) >= 11 is 1.71. The third-order valence-corrected chi connectivity index (χ3v) is 4.52. The Kier molecular flexibility index (Phi) is 2.63. The van der Waals surface area contributed by atoms with Gasteiger partial charge in [-0.25, -0.2) is 4.98 Å². The van der Waals surface area contributed by atoms with Gasteiger partial charge in [0.15, 0.2) is 5.75 Å². The van der Waals surface area contributed by atoms with Crippen LogP contribution in [-0.4, -0.2) is 18.1 Å². The maximum absolute atomic E-state index is 5.83. The van der Waals surface area contributed by atoms with Gasteiger partial charge in [0, 0.05) is 6.54 Å². The van der Waals surface area contributed by atoms with E-state index in [0.29, 0.717) is 6.61 Å². The number of nitrogens with zero attached hydrogens (tertiary/aromatic N) is 1. The summed E-state index contributed by atoms with van der Waals surface area (Å²) in [4.78, 5) is 4.76. The van der Waals surface area contributed by atoms with E-state index in [1.807, 2.05) is 6.07 Å². The number of thiazole rings is 1. The Hall–Kier alpha value is -2.07. The molecule has 3 nitrogen and oxygen atoms in total. The molecule has 0 atom stereocenters. The van der Waals surface area contributed by atoms with E-state index in [0.717, 1.165) is 34.1 Å². The highest BCUT2D eigenvalue weighted by Crippen LogP contribution is 2.41. The third-order valence-electron chi connectivity index (χ3n) is 3.45. The molecule has 0 bridgehead atoms. The highest BCUT2D eigenvalue weighted by atomic mass is 32.1. The fourth-order valence-electron chi connectivity index (χ4n) is 2.49. The number of fused-ring (bicyclic) bond motifs is 2. The molecule has 2 heterocycles. The number of benzene rings is 2. The lowest BCUT2D eigenvalue weighted by Crippen LogP contribution is -2.18. The Balaban J connectivity index is 1.90. The van der Waals surface area contributed by atoms with Crippen molar-refractivity contribution in [2.45, 2.75) is 6.92 Å². The van der Waals surface area contributed by atoms with Crippen LogP contribution >= 0.6 is 11.3 Å². The van der Waals surface area contributed by atoms with E-state index in [4.69, 9.17) is 9.72 Å². The van der Waals surface area contributed by atoms with Gasteiger partial charge in [-0.1, -0.05) is 12.1 Å². The fraction of sp³-hybridized carbons (Fsp3) is 0.188. The molecule has 2 aromatic carbocycles. The van der Waals surface area contributed by atoms with Gasteiger partial charge in [0.1, 0.15) is 11.6 Å². The first-order chi connectivity index (χ1) is 9.81. The molecule has 1 aromatic heterocycles. The van der Waals surface area contributed by atoms with Gasteiger partial charge in [-0.15, -0.1) is 11.3 Å². The number of nitrogens with one attached hydrogen (secondary N) is 1. The normalized spacial score (nSPS) is 13.7. The second-order valence-corrected chi connectivity index (χ2v) is 5.98. The molecule has 0 amide bonds. The molecule has 0 aliphatic carbocycles. The molecular weight excluding hydrogens is 268 g/mol. The van der Waals surface area contributed by atoms with E-state index in [2.05, 4.69) is 42.6 Å². The molecular formula is C16H14N2OS. The summed E-state index contributed by atoms with van der Waals surface area (Å²) < 4.78 is 7.05. The van der Waals surface area contributed by atoms with Crippen molar-refractivity contribution in [3.05, 3.63) is 42.0 Å². The van der Waals surface area contributed by atoms with Crippen molar-refractivity contribution in [3.63, 3.8) is 0 Å². The molecule has 0 saturated carbocycles. The minimum absolute atomic E-state index is 0.702. The van der Waals surface area contributed by atoms with Crippen LogP contribution in [-0.2, 0) is 0 Å². The van der Waals surface area contributed by atoms with Gasteiger partial charge >= 0.3 is 0 Å². The average Bonchev–Trinajstić information content (AvgIpc) is 2.89. The first-order valence-electron chi connectivity index (χ1n) is 6.68. The maximum Gasteiger partial charge on any atom is 0.152 e. The first kappa shape index (κ1) is 11.7. The zero-order valence-corrected chi connectivity index (χ0v) is 12.0. The number of anilines is 1. The molecule has 0 saturated heterocycles. The van der Waals surface area contributed by atoms with Crippen LogP contribution in [0.2, 0.25) is 0 Å². The van der Waals surface area contributed by atoms with Crippen LogP contribution in [0.15, 0.2) is 36.4 Å². The van der Waals surface area contributed by atoms with E-state index in [1.165, 1.54) is 10.3 Å². The summed E-state index contributed by atoms with van der Waals surface area (Å²) in [6.45, 7) is 3.65. The number of hydrogen-bond donors (Lipinski definition) is 1. The minimum atomic E-state index is 0.702. The van der Waals surface area contributed by atoms with Crippen molar-refractivity contribution in [2.24, 2.45) is 0 Å². The van der Waals surface area contributed by atoms with Crippen LogP contribution in [0.4, 0.5) is 5.69 Å². The van der Waals surface area contributed by atoms with Gasteiger partial charge in [-0.05, 0) is 36.8 Å². The lowest BCUT2D eigenvalue weighted by Gasteiger charge is -2.20.